The van der Waals surface area contributed by atoms with E-state index < -0.39 is 0 Å². The molecule has 0 bridgehead atoms. The summed E-state index contributed by atoms with van der Waals surface area (Å²) >= 11 is 1.42. The van der Waals surface area contributed by atoms with Gasteiger partial charge >= 0.3 is 0 Å². The van der Waals surface area contributed by atoms with Crippen molar-refractivity contribution in [1.82, 2.24) is 14.8 Å². The molecule has 100 valence electrons. The third kappa shape index (κ3) is 2.90. The molecule has 2 heterocycles. The summed E-state index contributed by atoms with van der Waals surface area (Å²) in [6.45, 7) is 8.11. The minimum atomic E-state index is 0.0918. The van der Waals surface area contributed by atoms with Gasteiger partial charge in [0.05, 0.1) is 0 Å². The normalized spacial score (nSPS) is 17.4. The lowest BCUT2D eigenvalue weighted by molar-refractivity contribution is 0.0559. The van der Waals surface area contributed by atoms with Crippen molar-refractivity contribution in [1.29, 1.82) is 0 Å². The Morgan fingerprint density at radius 2 is 2.00 bits per heavy atom. The lowest BCUT2D eigenvalue weighted by atomic mass is 10.1. The summed E-state index contributed by atoms with van der Waals surface area (Å²) in [6, 6.07) is 0.669. The van der Waals surface area contributed by atoms with E-state index in [0.29, 0.717) is 11.0 Å². The molecule has 0 aliphatic carbocycles. The second-order valence-electron chi connectivity index (χ2n) is 4.64. The molecule has 1 saturated heterocycles. The van der Waals surface area contributed by atoms with E-state index in [4.69, 9.17) is 0 Å². The van der Waals surface area contributed by atoms with Crippen LogP contribution in [0.1, 0.15) is 36.5 Å². The Morgan fingerprint density at radius 3 is 2.50 bits per heavy atom. The zero-order valence-electron chi connectivity index (χ0n) is 11.1. The lowest BCUT2D eigenvalue weighted by Gasteiger charge is -2.38. The highest BCUT2D eigenvalue weighted by atomic mass is 32.1. The van der Waals surface area contributed by atoms with E-state index >= 15 is 0 Å². The first-order valence-electron chi connectivity index (χ1n) is 6.69. The molecule has 0 atom stereocenters. The van der Waals surface area contributed by atoms with Gasteiger partial charge in [0.25, 0.3) is 5.91 Å². The third-order valence-electron chi connectivity index (χ3n) is 3.68. The summed E-state index contributed by atoms with van der Waals surface area (Å²) in [5, 5.41) is 2.47. The first-order valence-corrected chi connectivity index (χ1v) is 7.57. The Labute approximate surface area is 113 Å². The first-order chi connectivity index (χ1) is 8.76. The van der Waals surface area contributed by atoms with Gasteiger partial charge in [0, 0.05) is 43.8 Å². The average Bonchev–Trinajstić information content (AvgIpc) is 2.94. The summed E-state index contributed by atoms with van der Waals surface area (Å²) < 4.78 is 0. The fraction of sp³-hybridized carbons (Fsp3) is 0.692. The Balaban J connectivity index is 1.89. The van der Waals surface area contributed by atoms with Crippen LogP contribution in [0.4, 0.5) is 0 Å². The van der Waals surface area contributed by atoms with Crippen LogP contribution < -0.4 is 0 Å². The molecular formula is C13H21N3OS. The molecule has 0 N–H and O–H groups in total. The number of piperazine rings is 1. The molecule has 2 rings (SSSR count). The summed E-state index contributed by atoms with van der Waals surface area (Å²) in [5.74, 6) is 0.0918. The molecule has 1 aliphatic rings. The fourth-order valence-electron chi connectivity index (χ4n) is 2.56. The zero-order chi connectivity index (χ0) is 13.0. The van der Waals surface area contributed by atoms with Crippen LogP contribution >= 0.6 is 11.3 Å². The molecule has 1 aromatic heterocycles. The van der Waals surface area contributed by atoms with Crippen molar-refractivity contribution in [3.8, 4) is 0 Å². The number of rotatable bonds is 4. The van der Waals surface area contributed by atoms with E-state index in [2.05, 4.69) is 23.7 Å². The molecule has 1 amide bonds. The predicted molar refractivity (Wildman–Crippen MR) is 74.0 cm³/mol. The summed E-state index contributed by atoms with van der Waals surface area (Å²) in [6.07, 6.45) is 4.08. The SMILES string of the molecule is CCC(CC)N1CCN(C(=O)c2nccs2)CC1. The minimum Gasteiger partial charge on any atom is -0.334 e. The highest BCUT2D eigenvalue weighted by Crippen LogP contribution is 2.15. The largest absolute Gasteiger partial charge is 0.334 e. The number of carbonyl (C=O) groups excluding carboxylic acids is 1. The van der Waals surface area contributed by atoms with E-state index in [1.54, 1.807) is 6.20 Å². The maximum Gasteiger partial charge on any atom is 0.282 e. The molecule has 1 fully saturated rings. The van der Waals surface area contributed by atoms with Crippen LogP contribution in [0, 0.1) is 0 Å². The van der Waals surface area contributed by atoms with Crippen LogP contribution in [0.5, 0.6) is 0 Å². The predicted octanol–water partition coefficient (Wildman–Crippen LogP) is 2.09. The zero-order valence-corrected chi connectivity index (χ0v) is 11.9. The van der Waals surface area contributed by atoms with Crippen molar-refractivity contribution >= 4 is 17.2 Å². The summed E-state index contributed by atoms with van der Waals surface area (Å²) in [7, 11) is 0. The number of hydrogen-bond donors (Lipinski definition) is 0. The van der Waals surface area contributed by atoms with Gasteiger partial charge in [-0.1, -0.05) is 13.8 Å². The molecule has 0 aromatic carbocycles. The number of thiazole rings is 1. The highest BCUT2D eigenvalue weighted by molar-refractivity contribution is 7.11. The van der Waals surface area contributed by atoms with Crippen molar-refractivity contribution in [2.45, 2.75) is 32.7 Å². The molecule has 4 nitrogen and oxygen atoms in total. The average molecular weight is 267 g/mol. The fourth-order valence-corrected chi connectivity index (χ4v) is 3.16. The standard InChI is InChI=1S/C13H21N3OS/c1-3-11(4-2)15-6-8-16(9-7-15)13(17)12-14-5-10-18-12/h5,10-11H,3-4,6-9H2,1-2H3. The molecular weight excluding hydrogens is 246 g/mol. The molecule has 1 aromatic rings. The third-order valence-corrected chi connectivity index (χ3v) is 4.44. The summed E-state index contributed by atoms with van der Waals surface area (Å²) in [5.41, 5.74) is 0. The molecule has 5 heteroatoms. The smallest absolute Gasteiger partial charge is 0.282 e. The lowest BCUT2D eigenvalue weighted by Crippen LogP contribution is -2.51. The second-order valence-corrected chi connectivity index (χ2v) is 5.53. The molecule has 0 spiro atoms. The highest BCUT2D eigenvalue weighted by Gasteiger charge is 2.25. The van der Waals surface area contributed by atoms with Gasteiger partial charge in [0.1, 0.15) is 0 Å². The van der Waals surface area contributed by atoms with Crippen LogP contribution in [0.15, 0.2) is 11.6 Å². The summed E-state index contributed by atoms with van der Waals surface area (Å²) in [4.78, 5) is 20.7. The maximum atomic E-state index is 12.1. The Hall–Kier alpha value is -0.940. The number of amides is 1. The van der Waals surface area contributed by atoms with Crippen LogP contribution in [-0.4, -0.2) is 52.9 Å². The number of nitrogens with zero attached hydrogens (tertiary/aromatic N) is 3. The molecule has 18 heavy (non-hydrogen) atoms. The Kier molecular flexibility index (Phi) is 4.72. The van der Waals surface area contributed by atoms with Gasteiger partial charge in [0.15, 0.2) is 5.01 Å². The topological polar surface area (TPSA) is 36.4 Å². The Bertz CT molecular complexity index is 368. The van der Waals surface area contributed by atoms with Gasteiger partial charge in [-0.3, -0.25) is 9.69 Å². The van der Waals surface area contributed by atoms with Crippen molar-refractivity contribution < 1.29 is 4.79 Å². The quantitative estimate of drug-likeness (QED) is 0.838. The van der Waals surface area contributed by atoms with E-state index in [1.807, 2.05) is 10.3 Å². The number of carbonyl (C=O) groups is 1. The first kappa shape index (κ1) is 13.5. The van der Waals surface area contributed by atoms with E-state index in [9.17, 15) is 4.79 Å². The Morgan fingerprint density at radius 1 is 1.33 bits per heavy atom. The van der Waals surface area contributed by atoms with Crippen molar-refractivity contribution in [3.63, 3.8) is 0 Å². The van der Waals surface area contributed by atoms with E-state index in [0.717, 1.165) is 26.2 Å². The maximum absolute atomic E-state index is 12.1. The molecule has 0 radical (unpaired) electrons. The van der Waals surface area contributed by atoms with Crippen molar-refractivity contribution in [2.75, 3.05) is 26.2 Å². The van der Waals surface area contributed by atoms with E-state index in [1.165, 1.54) is 24.2 Å². The van der Waals surface area contributed by atoms with Gasteiger partial charge < -0.3 is 4.90 Å². The van der Waals surface area contributed by atoms with Gasteiger partial charge in [-0.2, -0.15) is 0 Å². The number of hydrogen-bond acceptors (Lipinski definition) is 4. The van der Waals surface area contributed by atoms with Crippen LogP contribution in [0.3, 0.4) is 0 Å². The number of aromatic nitrogens is 1. The van der Waals surface area contributed by atoms with Gasteiger partial charge in [-0.15, -0.1) is 11.3 Å². The van der Waals surface area contributed by atoms with Gasteiger partial charge in [-0.25, -0.2) is 4.98 Å². The van der Waals surface area contributed by atoms with Crippen LogP contribution in [0.2, 0.25) is 0 Å². The molecule has 0 saturated carbocycles. The molecule has 1 aliphatic heterocycles. The minimum absolute atomic E-state index is 0.0918. The van der Waals surface area contributed by atoms with Gasteiger partial charge in [0.2, 0.25) is 0 Å². The second kappa shape index (κ2) is 6.29. The van der Waals surface area contributed by atoms with Gasteiger partial charge in [-0.05, 0) is 12.8 Å². The monoisotopic (exact) mass is 267 g/mol. The van der Waals surface area contributed by atoms with Crippen molar-refractivity contribution in [2.24, 2.45) is 0 Å². The van der Waals surface area contributed by atoms with Crippen LogP contribution in [-0.2, 0) is 0 Å². The van der Waals surface area contributed by atoms with Crippen molar-refractivity contribution in [3.05, 3.63) is 16.6 Å². The van der Waals surface area contributed by atoms with E-state index in [-0.39, 0.29) is 5.91 Å². The van der Waals surface area contributed by atoms with Crippen LogP contribution in [0.25, 0.3) is 0 Å². The molecule has 0 unspecified atom stereocenters.